The molecule has 4 heteroatoms. The Bertz CT molecular complexity index is 378. The molecule has 0 N–H and O–H groups in total. The van der Waals surface area contributed by atoms with Crippen molar-refractivity contribution in [3.8, 4) is 0 Å². The molecule has 88 valence electrons. The first kappa shape index (κ1) is 11.7. The smallest absolute Gasteiger partial charge is 0.290 e. The summed E-state index contributed by atoms with van der Waals surface area (Å²) < 4.78 is 5.93. The van der Waals surface area contributed by atoms with Crippen LogP contribution in [0.5, 0.6) is 0 Å². The molecule has 2 atom stereocenters. The number of rotatable bonds is 1. The van der Waals surface area contributed by atoms with Gasteiger partial charge in [0.2, 0.25) is 0 Å². The van der Waals surface area contributed by atoms with Crippen molar-refractivity contribution in [3.05, 3.63) is 22.6 Å². The normalized spacial score (nSPS) is 25.8. The van der Waals surface area contributed by atoms with E-state index in [0.717, 1.165) is 12.8 Å². The molecule has 0 aliphatic carbocycles. The molecule has 3 nitrogen and oxygen atoms in total. The lowest BCUT2D eigenvalue weighted by atomic mass is 9.97. The Kier molecular flexibility index (Phi) is 3.38. The second-order valence-corrected chi connectivity index (χ2v) is 5.23. The summed E-state index contributed by atoms with van der Waals surface area (Å²) in [4.78, 5) is 14.2. The summed E-state index contributed by atoms with van der Waals surface area (Å²) >= 11 is 3.22. The Balaban J connectivity index is 2.19. The monoisotopic (exact) mass is 285 g/mol. The molecule has 1 aromatic rings. The molecule has 1 saturated heterocycles. The van der Waals surface area contributed by atoms with E-state index in [1.54, 1.807) is 12.1 Å². The van der Waals surface area contributed by atoms with Crippen LogP contribution >= 0.6 is 15.9 Å². The van der Waals surface area contributed by atoms with Gasteiger partial charge in [-0.1, -0.05) is 0 Å². The minimum absolute atomic E-state index is 0.00500. The summed E-state index contributed by atoms with van der Waals surface area (Å²) in [6.45, 7) is 4.21. The third kappa shape index (κ3) is 2.17. The van der Waals surface area contributed by atoms with E-state index in [-0.39, 0.29) is 5.91 Å². The summed E-state index contributed by atoms with van der Waals surface area (Å²) in [5.41, 5.74) is 0. The fourth-order valence-corrected chi connectivity index (χ4v) is 2.68. The molecule has 0 aromatic carbocycles. The second-order valence-electron chi connectivity index (χ2n) is 4.45. The van der Waals surface area contributed by atoms with Crippen LogP contribution < -0.4 is 0 Å². The van der Waals surface area contributed by atoms with Crippen molar-refractivity contribution in [1.82, 2.24) is 4.90 Å². The maximum Gasteiger partial charge on any atom is 0.290 e. The van der Waals surface area contributed by atoms with Gasteiger partial charge in [0.1, 0.15) is 0 Å². The van der Waals surface area contributed by atoms with Crippen LogP contribution in [-0.4, -0.2) is 22.9 Å². The van der Waals surface area contributed by atoms with Crippen LogP contribution in [0.15, 0.2) is 21.2 Å². The maximum absolute atomic E-state index is 12.2. The molecule has 0 unspecified atom stereocenters. The molecular formula is C12H16BrNO2. The number of nitrogens with zero attached hydrogens (tertiary/aromatic N) is 1. The molecule has 1 aliphatic heterocycles. The molecule has 0 bridgehead atoms. The van der Waals surface area contributed by atoms with E-state index in [1.165, 1.54) is 6.42 Å². The van der Waals surface area contributed by atoms with Crippen molar-refractivity contribution in [3.63, 3.8) is 0 Å². The Morgan fingerprint density at radius 1 is 1.38 bits per heavy atom. The number of piperidine rings is 1. The highest BCUT2D eigenvalue weighted by molar-refractivity contribution is 9.10. The van der Waals surface area contributed by atoms with Crippen LogP contribution in [0.1, 0.15) is 43.7 Å². The molecule has 1 amide bonds. The first-order chi connectivity index (χ1) is 7.59. The Morgan fingerprint density at radius 3 is 2.50 bits per heavy atom. The van der Waals surface area contributed by atoms with E-state index in [1.807, 2.05) is 4.90 Å². The van der Waals surface area contributed by atoms with Crippen molar-refractivity contribution >= 4 is 21.8 Å². The molecule has 0 saturated carbocycles. The van der Waals surface area contributed by atoms with Crippen LogP contribution in [0.4, 0.5) is 0 Å². The van der Waals surface area contributed by atoms with E-state index in [4.69, 9.17) is 4.42 Å². The summed E-state index contributed by atoms with van der Waals surface area (Å²) in [6, 6.07) is 4.09. The number of hydrogen-bond donors (Lipinski definition) is 0. The lowest BCUT2D eigenvalue weighted by Gasteiger charge is -2.38. The van der Waals surface area contributed by atoms with E-state index in [0.29, 0.717) is 22.5 Å². The Hall–Kier alpha value is -0.770. The van der Waals surface area contributed by atoms with Gasteiger partial charge in [0.25, 0.3) is 5.91 Å². The molecule has 2 heterocycles. The number of hydrogen-bond acceptors (Lipinski definition) is 2. The SMILES string of the molecule is C[C@H]1CCC[C@H](C)N1C(=O)c1ccc(Br)o1. The van der Waals surface area contributed by atoms with E-state index in [9.17, 15) is 4.79 Å². The highest BCUT2D eigenvalue weighted by Gasteiger charge is 2.31. The summed E-state index contributed by atoms with van der Waals surface area (Å²) in [7, 11) is 0. The van der Waals surface area contributed by atoms with Crippen molar-refractivity contribution in [2.75, 3.05) is 0 Å². The van der Waals surface area contributed by atoms with E-state index >= 15 is 0 Å². The molecule has 1 aliphatic rings. The van der Waals surface area contributed by atoms with Crippen molar-refractivity contribution in [2.45, 2.75) is 45.2 Å². The van der Waals surface area contributed by atoms with Gasteiger partial charge in [-0.2, -0.15) is 0 Å². The highest BCUT2D eigenvalue weighted by atomic mass is 79.9. The van der Waals surface area contributed by atoms with Crippen LogP contribution in [0, 0.1) is 0 Å². The zero-order valence-corrected chi connectivity index (χ0v) is 11.2. The predicted molar refractivity (Wildman–Crippen MR) is 65.4 cm³/mol. The van der Waals surface area contributed by atoms with Crippen molar-refractivity contribution in [2.24, 2.45) is 0 Å². The highest BCUT2D eigenvalue weighted by Crippen LogP contribution is 2.25. The van der Waals surface area contributed by atoms with Gasteiger partial charge in [-0.3, -0.25) is 4.79 Å². The van der Waals surface area contributed by atoms with Gasteiger partial charge in [-0.15, -0.1) is 0 Å². The minimum atomic E-state index is 0.00500. The predicted octanol–water partition coefficient (Wildman–Crippen LogP) is 3.45. The van der Waals surface area contributed by atoms with Crippen LogP contribution in [0.3, 0.4) is 0 Å². The average molecular weight is 286 g/mol. The Morgan fingerprint density at radius 2 is 2.00 bits per heavy atom. The zero-order chi connectivity index (χ0) is 11.7. The largest absolute Gasteiger partial charge is 0.444 e. The van der Waals surface area contributed by atoms with Crippen LogP contribution in [0.25, 0.3) is 0 Å². The average Bonchev–Trinajstić information content (AvgIpc) is 2.64. The minimum Gasteiger partial charge on any atom is -0.444 e. The topological polar surface area (TPSA) is 33.5 Å². The van der Waals surface area contributed by atoms with Gasteiger partial charge >= 0.3 is 0 Å². The van der Waals surface area contributed by atoms with Gasteiger partial charge < -0.3 is 9.32 Å². The number of halogens is 1. The van der Waals surface area contributed by atoms with Crippen LogP contribution in [0.2, 0.25) is 0 Å². The first-order valence-corrected chi connectivity index (χ1v) is 6.47. The molecule has 2 rings (SSSR count). The molecular weight excluding hydrogens is 270 g/mol. The number of likely N-dealkylation sites (tertiary alicyclic amines) is 1. The summed E-state index contributed by atoms with van der Waals surface area (Å²) in [6.07, 6.45) is 3.36. The zero-order valence-electron chi connectivity index (χ0n) is 9.57. The number of carbonyl (C=O) groups is 1. The number of amides is 1. The molecule has 0 spiro atoms. The molecule has 1 fully saturated rings. The maximum atomic E-state index is 12.2. The standard InChI is InChI=1S/C12H16BrNO2/c1-8-4-3-5-9(2)14(8)12(15)10-6-7-11(13)16-10/h6-9H,3-5H2,1-2H3/t8-,9-/m0/s1. The summed E-state index contributed by atoms with van der Waals surface area (Å²) in [5.74, 6) is 0.429. The fourth-order valence-electron chi connectivity index (χ4n) is 2.38. The van der Waals surface area contributed by atoms with Gasteiger partial charge in [0.05, 0.1) is 0 Å². The molecule has 16 heavy (non-hydrogen) atoms. The third-order valence-corrected chi connectivity index (χ3v) is 3.64. The van der Waals surface area contributed by atoms with Gasteiger partial charge in [0.15, 0.2) is 10.4 Å². The lowest BCUT2D eigenvalue weighted by Crippen LogP contribution is -2.47. The quantitative estimate of drug-likeness (QED) is 0.792. The molecule has 1 aromatic heterocycles. The van der Waals surface area contributed by atoms with Gasteiger partial charge in [-0.25, -0.2) is 0 Å². The number of carbonyl (C=O) groups excluding carboxylic acids is 1. The Labute approximate surface area is 104 Å². The van der Waals surface area contributed by atoms with Crippen molar-refractivity contribution in [1.29, 1.82) is 0 Å². The fraction of sp³-hybridized carbons (Fsp3) is 0.583. The number of furan rings is 1. The third-order valence-electron chi connectivity index (χ3n) is 3.21. The lowest BCUT2D eigenvalue weighted by molar-refractivity contribution is 0.0477. The van der Waals surface area contributed by atoms with Gasteiger partial charge in [-0.05, 0) is 61.2 Å². The van der Waals surface area contributed by atoms with E-state index in [2.05, 4.69) is 29.8 Å². The van der Waals surface area contributed by atoms with Gasteiger partial charge in [0, 0.05) is 12.1 Å². The molecule has 0 radical (unpaired) electrons. The second kappa shape index (κ2) is 4.62. The van der Waals surface area contributed by atoms with Crippen molar-refractivity contribution < 1.29 is 9.21 Å². The van der Waals surface area contributed by atoms with E-state index < -0.39 is 0 Å². The summed E-state index contributed by atoms with van der Waals surface area (Å²) in [5, 5.41) is 0. The van der Waals surface area contributed by atoms with Crippen LogP contribution in [-0.2, 0) is 0 Å². The first-order valence-electron chi connectivity index (χ1n) is 5.67.